The van der Waals surface area contributed by atoms with Crippen LogP contribution in [0.15, 0.2) is 46.1 Å². The predicted octanol–water partition coefficient (Wildman–Crippen LogP) is 4.33. The van der Waals surface area contributed by atoms with Gasteiger partial charge in [-0.15, -0.1) is 0 Å². The molecule has 3 rings (SSSR count). The Bertz CT molecular complexity index is 920. The number of aliphatic hydroxyl groups is 1. The van der Waals surface area contributed by atoms with Crippen LogP contribution in [0.3, 0.4) is 0 Å². The van der Waals surface area contributed by atoms with Crippen LogP contribution >= 0.6 is 0 Å². The van der Waals surface area contributed by atoms with Gasteiger partial charge >= 0.3 is 0 Å². The van der Waals surface area contributed by atoms with Crippen molar-refractivity contribution in [2.45, 2.75) is 40.7 Å². The summed E-state index contributed by atoms with van der Waals surface area (Å²) in [4.78, 5) is 27.1. The number of nitrogens with zero attached hydrogens (tertiary/aromatic N) is 1. The molecule has 2 aromatic rings. The van der Waals surface area contributed by atoms with E-state index in [2.05, 4.69) is 0 Å². The average molecular weight is 353 g/mol. The van der Waals surface area contributed by atoms with E-state index in [1.54, 1.807) is 32.9 Å². The number of rotatable bonds is 4. The van der Waals surface area contributed by atoms with Crippen molar-refractivity contribution in [3.05, 3.63) is 64.3 Å². The monoisotopic (exact) mass is 353 g/mol. The Labute approximate surface area is 152 Å². The lowest BCUT2D eigenvalue weighted by molar-refractivity contribution is -0.119. The lowest BCUT2D eigenvalue weighted by Crippen LogP contribution is -2.31. The highest BCUT2D eigenvalue weighted by Gasteiger charge is 2.46. The first-order chi connectivity index (χ1) is 12.2. The second-order valence-corrected chi connectivity index (χ2v) is 7.10. The minimum atomic E-state index is -0.771. The van der Waals surface area contributed by atoms with Gasteiger partial charge < -0.3 is 9.52 Å². The first kappa shape index (κ1) is 18.0. The smallest absolute Gasteiger partial charge is 0.294 e. The zero-order valence-corrected chi connectivity index (χ0v) is 15.7. The van der Waals surface area contributed by atoms with Gasteiger partial charge in [-0.1, -0.05) is 31.5 Å². The minimum absolute atomic E-state index is 0.0966. The molecule has 1 aromatic heterocycles. The van der Waals surface area contributed by atoms with Crippen LogP contribution in [-0.2, 0) is 9.59 Å². The molecule has 0 aliphatic carbocycles. The number of carbonyl (C=O) groups excluding carboxylic acids is 2. The van der Waals surface area contributed by atoms with Crippen LogP contribution in [0.4, 0.5) is 5.69 Å². The molecule has 0 saturated heterocycles. The molecule has 136 valence electrons. The average Bonchev–Trinajstić information content (AvgIpc) is 3.10. The number of benzene rings is 1. The van der Waals surface area contributed by atoms with E-state index in [4.69, 9.17) is 4.42 Å². The number of furan rings is 1. The maximum atomic E-state index is 12.9. The molecule has 0 fully saturated rings. The summed E-state index contributed by atoms with van der Waals surface area (Å²) in [7, 11) is 0. The zero-order valence-electron chi connectivity index (χ0n) is 15.7. The number of aryl methyl sites for hydroxylation is 3. The number of carbonyl (C=O) groups is 2. The van der Waals surface area contributed by atoms with E-state index in [0.29, 0.717) is 17.2 Å². The fourth-order valence-electron chi connectivity index (χ4n) is 3.36. The van der Waals surface area contributed by atoms with Crippen LogP contribution in [0.2, 0.25) is 0 Å². The molecule has 1 unspecified atom stereocenters. The highest BCUT2D eigenvalue weighted by atomic mass is 16.3. The fourth-order valence-corrected chi connectivity index (χ4v) is 3.36. The van der Waals surface area contributed by atoms with Crippen LogP contribution in [-0.4, -0.2) is 16.8 Å². The minimum Gasteiger partial charge on any atom is -0.503 e. The molecular weight excluding hydrogens is 330 g/mol. The number of hydrogen-bond donors (Lipinski definition) is 1. The number of Topliss-reactive ketones (excluding diaryl/α,β-unsaturated/α-hetero) is 1. The number of hydrogen-bond acceptors (Lipinski definition) is 4. The van der Waals surface area contributed by atoms with Crippen LogP contribution in [0, 0.1) is 26.7 Å². The van der Waals surface area contributed by atoms with Crippen molar-refractivity contribution in [2.75, 3.05) is 4.90 Å². The summed E-state index contributed by atoms with van der Waals surface area (Å²) in [6.45, 7) is 9.17. The van der Waals surface area contributed by atoms with E-state index in [1.165, 1.54) is 4.90 Å². The lowest BCUT2D eigenvalue weighted by atomic mass is 9.94. The van der Waals surface area contributed by atoms with Gasteiger partial charge in [0.2, 0.25) is 0 Å². The standard InChI is InChI=1S/C21H23NO4/c1-11(2)19(23)17-18(16-9-7-14(5)26-16)22(21(25)20(17)24)15-8-6-12(3)10-13(15)4/h6-11,18,24H,1-5H3. The Kier molecular flexibility index (Phi) is 4.48. The van der Waals surface area contributed by atoms with Crippen molar-refractivity contribution >= 4 is 17.4 Å². The Morgan fingerprint density at radius 1 is 1.15 bits per heavy atom. The van der Waals surface area contributed by atoms with Gasteiger partial charge in [-0.25, -0.2) is 0 Å². The molecule has 5 heteroatoms. The predicted molar refractivity (Wildman–Crippen MR) is 99.1 cm³/mol. The van der Waals surface area contributed by atoms with Gasteiger partial charge in [0.05, 0.1) is 5.57 Å². The van der Waals surface area contributed by atoms with E-state index in [1.807, 2.05) is 32.0 Å². The van der Waals surface area contributed by atoms with E-state index >= 15 is 0 Å². The lowest BCUT2D eigenvalue weighted by Gasteiger charge is -2.27. The van der Waals surface area contributed by atoms with Gasteiger partial charge in [-0.2, -0.15) is 0 Å². The number of aliphatic hydroxyl groups excluding tert-OH is 1. The second kappa shape index (κ2) is 6.48. The third-order valence-corrected chi connectivity index (χ3v) is 4.64. The van der Waals surface area contributed by atoms with Gasteiger partial charge in [0.1, 0.15) is 17.6 Å². The van der Waals surface area contributed by atoms with Crippen molar-refractivity contribution in [2.24, 2.45) is 5.92 Å². The summed E-state index contributed by atoms with van der Waals surface area (Å²) >= 11 is 0. The van der Waals surface area contributed by atoms with Crippen LogP contribution in [0.25, 0.3) is 0 Å². The molecule has 1 aliphatic heterocycles. The van der Waals surface area contributed by atoms with Crippen molar-refractivity contribution in [3.63, 3.8) is 0 Å². The molecule has 1 N–H and O–H groups in total. The normalized spacial score (nSPS) is 17.5. The van der Waals surface area contributed by atoms with Crippen molar-refractivity contribution in [1.29, 1.82) is 0 Å². The highest BCUT2D eigenvalue weighted by Crippen LogP contribution is 2.43. The van der Waals surface area contributed by atoms with Crippen molar-refractivity contribution < 1.29 is 19.1 Å². The Morgan fingerprint density at radius 2 is 1.85 bits per heavy atom. The Balaban J connectivity index is 2.21. The van der Waals surface area contributed by atoms with Gasteiger partial charge in [0.15, 0.2) is 11.5 Å². The largest absolute Gasteiger partial charge is 0.503 e. The Hall–Kier alpha value is -2.82. The summed E-state index contributed by atoms with van der Waals surface area (Å²) in [6, 6.07) is 8.46. The number of amides is 1. The molecule has 1 atom stereocenters. The SMILES string of the molecule is Cc1ccc(N2C(=O)C(O)=C(C(=O)C(C)C)C2c2ccc(C)o2)c(C)c1. The van der Waals surface area contributed by atoms with Crippen LogP contribution < -0.4 is 4.90 Å². The molecule has 1 aliphatic rings. The number of ketones is 1. The molecule has 0 saturated carbocycles. The van der Waals surface area contributed by atoms with Gasteiger partial charge in [0.25, 0.3) is 5.91 Å². The van der Waals surface area contributed by atoms with Crippen molar-refractivity contribution in [1.82, 2.24) is 0 Å². The summed E-state index contributed by atoms with van der Waals surface area (Å²) < 4.78 is 5.75. The van der Waals surface area contributed by atoms with E-state index in [0.717, 1.165) is 11.1 Å². The van der Waals surface area contributed by atoms with Gasteiger partial charge in [-0.3, -0.25) is 14.5 Å². The molecule has 1 aromatic carbocycles. The summed E-state index contributed by atoms with van der Waals surface area (Å²) in [5, 5.41) is 10.5. The second-order valence-electron chi connectivity index (χ2n) is 7.10. The molecule has 5 nitrogen and oxygen atoms in total. The molecular formula is C21H23NO4. The maximum Gasteiger partial charge on any atom is 0.294 e. The number of anilines is 1. The highest BCUT2D eigenvalue weighted by molar-refractivity contribution is 6.17. The topological polar surface area (TPSA) is 70.8 Å². The van der Waals surface area contributed by atoms with Crippen molar-refractivity contribution in [3.8, 4) is 0 Å². The van der Waals surface area contributed by atoms with Gasteiger partial charge in [-0.05, 0) is 44.5 Å². The first-order valence-electron chi connectivity index (χ1n) is 8.66. The molecule has 0 spiro atoms. The third-order valence-electron chi connectivity index (χ3n) is 4.64. The molecule has 26 heavy (non-hydrogen) atoms. The fraction of sp³-hybridized carbons (Fsp3) is 0.333. The summed E-state index contributed by atoms with van der Waals surface area (Å²) in [6.07, 6.45) is 0. The zero-order chi connectivity index (χ0) is 19.2. The van der Waals surface area contributed by atoms with Gasteiger partial charge in [0, 0.05) is 11.6 Å². The molecule has 0 radical (unpaired) electrons. The molecule has 2 heterocycles. The molecule has 0 bridgehead atoms. The quantitative estimate of drug-likeness (QED) is 0.888. The summed E-state index contributed by atoms with van der Waals surface area (Å²) in [5.41, 5.74) is 2.70. The van der Waals surface area contributed by atoms with Crippen LogP contribution in [0.5, 0.6) is 0 Å². The van der Waals surface area contributed by atoms with E-state index in [-0.39, 0.29) is 17.3 Å². The molecule has 1 amide bonds. The Morgan fingerprint density at radius 3 is 2.38 bits per heavy atom. The van der Waals surface area contributed by atoms with E-state index in [9.17, 15) is 14.7 Å². The van der Waals surface area contributed by atoms with E-state index < -0.39 is 17.7 Å². The summed E-state index contributed by atoms with van der Waals surface area (Å²) in [5.74, 6) is -0.554. The maximum absolute atomic E-state index is 12.9. The first-order valence-corrected chi connectivity index (χ1v) is 8.66. The van der Waals surface area contributed by atoms with Crippen LogP contribution in [0.1, 0.15) is 42.5 Å². The third kappa shape index (κ3) is 2.83.